The van der Waals surface area contributed by atoms with Gasteiger partial charge < -0.3 is 20.3 Å². The lowest BCUT2D eigenvalue weighted by Crippen LogP contribution is -2.53. The summed E-state index contributed by atoms with van der Waals surface area (Å²) in [5.74, 6) is 1.92. The van der Waals surface area contributed by atoms with Gasteiger partial charge in [0.05, 0.1) is 10.7 Å². The number of hydrogen-bond acceptors (Lipinski definition) is 4. The van der Waals surface area contributed by atoms with E-state index in [0.29, 0.717) is 41.2 Å². The lowest BCUT2D eigenvalue weighted by molar-refractivity contribution is -0.141. The van der Waals surface area contributed by atoms with Crippen LogP contribution >= 0.6 is 11.6 Å². The monoisotopic (exact) mass is 595 g/mol. The number of anilines is 1. The van der Waals surface area contributed by atoms with Gasteiger partial charge in [0.2, 0.25) is 5.91 Å². The number of ether oxygens (including phenoxy) is 1. The third kappa shape index (κ3) is 10.4. The van der Waals surface area contributed by atoms with E-state index in [1.54, 1.807) is 62.1 Å². The second-order valence-electron chi connectivity index (χ2n) is 12.0. The Kier molecular flexibility index (Phi) is 13.4. The fourth-order valence-electron chi connectivity index (χ4n) is 4.72. The van der Waals surface area contributed by atoms with E-state index in [0.717, 1.165) is 24.8 Å². The molecule has 8 heteroatoms. The molecule has 2 aromatic carbocycles. The average Bonchev–Trinajstić information content (AvgIpc) is 2.90. The van der Waals surface area contributed by atoms with Crippen LogP contribution in [-0.2, 0) is 14.3 Å². The Bertz CT molecular complexity index is 1240. The normalized spacial score (nSPS) is 12.7. The van der Waals surface area contributed by atoms with Crippen LogP contribution in [0.5, 0.6) is 0 Å². The summed E-state index contributed by atoms with van der Waals surface area (Å²) < 4.78 is 5.49. The first kappa shape index (κ1) is 34.7. The number of carbonyl (C=O) groups is 3. The van der Waals surface area contributed by atoms with Crippen molar-refractivity contribution in [1.29, 1.82) is 0 Å². The van der Waals surface area contributed by atoms with Crippen molar-refractivity contribution in [3.8, 4) is 12.3 Å². The minimum atomic E-state index is -1.07. The molecule has 0 bridgehead atoms. The van der Waals surface area contributed by atoms with Crippen LogP contribution in [0, 0.1) is 25.2 Å². The minimum absolute atomic E-state index is 0.0758. The Balaban J connectivity index is 2.65. The van der Waals surface area contributed by atoms with Gasteiger partial charge in [0.1, 0.15) is 17.7 Å². The highest BCUT2D eigenvalue weighted by Gasteiger charge is 2.37. The van der Waals surface area contributed by atoms with Crippen molar-refractivity contribution in [2.75, 3.05) is 11.9 Å². The molecule has 0 aliphatic carbocycles. The van der Waals surface area contributed by atoms with Crippen molar-refractivity contribution in [3.05, 3.63) is 64.2 Å². The van der Waals surface area contributed by atoms with Crippen LogP contribution < -0.4 is 10.6 Å². The summed E-state index contributed by atoms with van der Waals surface area (Å²) in [4.78, 5) is 43.1. The molecule has 2 rings (SSSR count). The molecule has 2 atom stereocenters. The van der Waals surface area contributed by atoms with Gasteiger partial charge >= 0.3 is 6.09 Å². The Morgan fingerprint density at radius 2 is 1.74 bits per heavy atom. The molecule has 0 fully saturated rings. The topological polar surface area (TPSA) is 87.7 Å². The van der Waals surface area contributed by atoms with Gasteiger partial charge in [-0.05, 0) is 69.7 Å². The quantitative estimate of drug-likeness (QED) is 0.184. The van der Waals surface area contributed by atoms with Crippen molar-refractivity contribution < 1.29 is 19.1 Å². The van der Waals surface area contributed by atoms with Gasteiger partial charge in [0, 0.05) is 12.1 Å². The number of rotatable bonds is 13. The molecule has 0 heterocycles. The largest absolute Gasteiger partial charge is 0.444 e. The van der Waals surface area contributed by atoms with Crippen molar-refractivity contribution in [1.82, 2.24) is 10.2 Å². The van der Waals surface area contributed by atoms with Crippen LogP contribution in [0.25, 0.3) is 0 Å². The van der Waals surface area contributed by atoms with E-state index < -0.39 is 29.7 Å². The average molecular weight is 596 g/mol. The molecule has 0 aliphatic heterocycles. The summed E-state index contributed by atoms with van der Waals surface area (Å²) in [5.41, 5.74) is 1.53. The fraction of sp³-hybridized carbons (Fsp3) is 0.500. The maximum absolute atomic E-state index is 14.4. The molecule has 2 N–H and O–H groups in total. The number of para-hydroxylation sites is 1. The fourth-order valence-corrected chi connectivity index (χ4v) is 4.99. The van der Waals surface area contributed by atoms with E-state index in [2.05, 4.69) is 23.5 Å². The second kappa shape index (κ2) is 16.2. The van der Waals surface area contributed by atoms with Gasteiger partial charge in [-0.3, -0.25) is 9.59 Å². The molecule has 0 aromatic heterocycles. The number of aryl methyl sites for hydroxylation is 1. The Morgan fingerprint density at radius 3 is 2.33 bits per heavy atom. The number of nitrogens with one attached hydrogen (secondary N) is 2. The Labute approximate surface area is 256 Å². The standard InChI is InChI=1S/C34H46ClN3O4/c1-9-11-12-15-21-38(32(40)28(22-23(3)4)36-33(41)42-34(6,7)8)30(26-19-14-13-18-25(26)10-2)31(39)37-29-24(5)17-16-20-27(29)35/h2,13-14,16-20,23,28,30H,9,11-12,15,21-22H2,1,3-8H3,(H,36,41)(H,37,39). The maximum atomic E-state index is 14.4. The number of hydrogen-bond donors (Lipinski definition) is 2. The molecular formula is C34H46ClN3O4. The lowest BCUT2D eigenvalue weighted by Gasteiger charge is -2.35. The number of unbranched alkanes of at least 4 members (excludes halogenated alkanes) is 3. The summed E-state index contributed by atoms with van der Waals surface area (Å²) in [6.07, 6.45) is 9.10. The van der Waals surface area contributed by atoms with Crippen molar-refractivity contribution in [2.45, 2.75) is 98.3 Å². The van der Waals surface area contributed by atoms with Crippen LogP contribution in [-0.4, -0.2) is 41.0 Å². The molecule has 228 valence electrons. The molecule has 42 heavy (non-hydrogen) atoms. The van der Waals surface area contributed by atoms with Gasteiger partial charge in [-0.2, -0.15) is 0 Å². The lowest BCUT2D eigenvalue weighted by atomic mass is 9.95. The number of terminal acetylenes is 1. The predicted octanol–water partition coefficient (Wildman–Crippen LogP) is 7.66. The van der Waals surface area contributed by atoms with E-state index in [9.17, 15) is 14.4 Å². The molecule has 2 aromatic rings. The van der Waals surface area contributed by atoms with E-state index in [1.165, 1.54) is 0 Å². The van der Waals surface area contributed by atoms with Crippen LogP contribution in [0.15, 0.2) is 42.5 Å². The number of amides is 3. The zero-order chi connectivity index (χ0) is 31.4. The van der Waals surface area contributed by atoms with Crippen LogP contribution in [0.3, 0.4) is 0 Å². The highest BCUT2D eigenvalue weighted by atomic mass is 35.5. The SMILES string of the molecule is C#Cc1ccccc1C(C(=O)Nc1c(C)cccc1Cl)N(CCCCCC)C(=O)C(CC(C)C)NC(=O)OC(C)(C)C. The van der Waals surface area contributed by atoms with Crippen molar-refractivity contribution >= 4 is 35.2 Å². The smallest absolute Gasteiger partial charge is 0.408 e. The highest BCUT2D eigenvalue weighted by molar-refractivity contribution is 6.34. The van der Waals surface area contributed by atoms with Gasteiger partial charge in [-0.1, -0.05) is 87.9 Å². The summed E-state index contributed by atoms with van der Waals surface area (Å²) in [6.45, 7) is 13.5. The number of carbonyl (C=O) groups excluding carboxylic acids is 3. The first-order valence-corrected chi connectivity index (χ1v) is 15.1. The van der Waals surface area contributed by atoms with Crippen molar-refractivity contribution in [3.63, 3.8) is 0 Å². The summed E-state index contributed by atoms with van der Waals surface area (Å²) in [6, 6.07) is 10.5. The third-order valence-electron chi connectivity index (χ3n) is 6.67. The first-order valence-electron chi connectivity index (χ1n) is 14.7. The molecule has 3 amide bonds. The molecule has 7 nitrogen and oxygen atoms in total. The van der Waals surface area contributed by atoms with E-state index >= 15 is 0 Å². The van der Waals surface area contributed by atoms with Gasteiger partial charge in [0.25, 0.3) is 5.91 Å². The summed E-state index contributed by atoms with van der Waals surface area (Å²) in [7, 11) is 0. The Morgan fingerprint density at radius 1 is 1.05 bits per heavy atom. The maximum Gasteiger partial charge on any atom is 0.408 e. The molecule has 2 unspecified atom stereocenters. The predicted molar refractivity (Wildman–Crippen MR) is 170 cm³/mol. The Hall–Kier alpha value is -3.50. The van der Waals surface area contributed by atoms with Crippen LogP contribution in [0.2, 0.25) is 5.02 Å². The number of halogens is 1. The molecule has 0 spiro atoms. The van der Waals surface area contributed by atoms with Gasteiger partial charge in [-0.25, -0.2) is 4.79 Å². The number of benzene rings is 2. The molecule has 0 saturated carbocycles. The first-order chi connectivity index (χ1) is 19.8. The zero-order valence-corrected chi connectivity index (χ0v) is 26.8. The summed E-state index contributed by atoms with van der Waals surface area (Å²) in [5, 5.41) is 6.14. The molecule has 0 saturated heterocycles. The van der Waals surface area contributed by atoms with E-state index in [1.807, 2.05) is 26.8 Å². The number of nitrogens with zero attached hydrogens (tertiary/aromatic N) is 1. The van der Waals surface area contributed by atoms with Crippen LogP contribution in [0.1, 0.15) is 96.4 Å². The molecule has 0 aliphatic rings. The third-order valence-corrected chi connectivity index (χ3v) is 6.99. The van der Waals surface area contributed by atoms with Gasteiger partial charge in [-0.15, -0.1) is 6.42 Å². The second-order valence-corrected chi connectivity index (χ2v) is 12.4. The van der Waals surface area contributed by atoms with E-state index in [4.69, 9.17) is 22.8 Å². The molecular weight excluding hydrogens is 550 g/mol. The summed E-state index contributed by atoms with van der Waals surface area (Å²) >= 11 is 6.47. The number of alkyl carbamates (subject to hydrolysis) is 1. The van der Waals surface area contributed by atoms with Gasteiger partial charge in [0.15, 0.2) is 0 Å². The zero-order valence-electron chi connectivity index (χ0n) is 26.1. The molecule has 0 radical (unpaired) electrons. The highest BCUT2D eigenvalue weighted by Crippen LogP contribution is 2.31. The van der Waals surface area contributed by atoms with Crippen molar-refractivity contribution in [2.24, 2.45) is 5.92 Å². The van der Waals surface area contributed by atoms with E-state index in [-0.39, 0.29) is 11.8 Å². The van der Waals surface area contributed by atoms with Crippen LogP contribution in [0.4, 0.5) is 10.5 Å². The minimum Gasteiger partial charge on any atom is -0.444 e.